The molecule has 6 nitrogen and oxygen atoms in total. The fourth-order valence-corrected chi connectivity index (χ4v) is 2.91. The highest BCUT2D eigenvalue weighted by atomic mass is 16.2. The summed E-state index contributed by atoms with van der Waals surface area (Å²) in [5.41, 5.74) is 1.60. The van der Waals surface area contributed by atoms with Gasteiger partial charge in [0.15, 0.2) is 0 Å². The van der Waals surface area contributed by atoms with Gasteiger partial charge in [-0.15, -0.1) is 0 Å². The lowest BCUT2D eigenvalue weighted by atomic mass is 10.0. The number of hydrogen-bond acceptors (Lipinski definition) is 3. The van der Waals surface area contributed by atoms with E-state index in [1.807, 2.05) is 36.4 Å². The lowest BCUT2D eigenvalue weighted by Gasteiger charge is -2.10. The van der Waals surface area contributed by atoms with Crippen molar-refractivity contribution in [2.45, 2.75) is 6.92 Å². The van der Waals surface area contributed by atoms with Gasteiger partial charge in [0, 0.05) is 36.8 Å². The van der Waals surface area contributed by atoms with Gasteiger partial charge >= 0.3 is 0 Å². The number of fused-ring (bicyclic) bond motifs is 1. The first-order chi connectivity index (χ1) is 13.5. The van der Waals surface area contributed by atoms with Crippen molar-refractivity contribution < 1.29 is 14.4 Å². The quantitative estimate of drug-likeness (QED) is 0.579. The van der Waals surface area contributed by atoms with Crippen molar-refractivity contribution in [3.63, 3.8) is 0 Å². The molecule has 142 valence electrons. The summed E-state index contributed by atoms with van der Waals surface area (Å²) in [6, 6.07) is 20.0. The number of amides is 3. The summed E-state index contributed by atoms with van der Waals surface area (Å²) in [5, 5.41) is 10.1. The van der Waals surface area contributed by atoms with E-state index in [0.717, 1.165) is 10.8 Å². The molecule has 0 aliphatic carbocycles. The highest BCUT2D eigenvalue weighted by molar-refractivity contribution is 6.07. The van der Waals surface area contributed by atoms with Gasteiger partial charge in [-0.2, -0.15) is 0 Å². The average Bonchev–Trinajstić information content (AvgIpc) is 2.70. The number of anilines is 1. The third kappa shape index (κ3) is 4.73. The average molecular weight is 375 g/mol. The standard InChI is InChI=1S/C22H21N3O3/c1-15(26)25-18-9-4-8-17(14-18)21(27)23-12-13-24-22(28)20-11-5-7-16-6-2-3-10-19(16)20/h2-11,14H,12-13H2,1H3,(H,23,27)(H,24,28)(H,25,26). The fraction of sp³-hybridized carbons (Fsp3) is 0.136. The lowest BCUT2D eigenvalue weighted by molar-refractivity contribution is -0.114. The molecular weight excluding hydrogens is 354 g/mol. The maximum Gasteiger partial charge on any atom is 0.251 e. The van der Waals surface area contributed by atoms with Crippen LogP contribution in [0.2, 0.25) is 0 Å². The zero-order valence-electron chi connectivity index (χ0n) is 15.5. The van der Waals surface area contributed by atoms with E-state index in [4.69, 9.17) is 0 Å². The zero-order chi connectivity index (χ0) is 19.9. The van der Waals surface area contributed by atoms with Crippen molar-refractivity contribution in [3.8, 4) is 0 Å². The summed E-state index contributed by atoms with van der Waals surface area (Å²) in [4.78, 5) is 35.8. The third-order valence-corrected chi connectivity index (χ3v) is 4.18. The smallest absolute Gasteiger partial charge is 0.251 e. The SMILES string of the molecule is CC(=O)Nc1cccc(C(=O)NCCNC(=O)c2cccc3ccccc23)c1. The van der Waals surface area contributed by atoms with Crippen molar-refractivity contribution in [1.82, 2.24) is 10.6 Å². The van der Waals surface area contributed by atoms with Gasteiger partial charge in [0.2, 0.25) is 5.91 Å². The van der Waals surface area contributed by atoms with Crippen LogP contribution in [0.3, 0.4) is 0 Å². The van der Waals surface area contributed by atoms with Crippen molar-refractivity contribution >= 4 is 34.2 Å². The maximum absolute atomic E-state index is 12.5. The Bertz CT molecular complexity index is 1020. The molecule has 28 heavy (non-hydrogen) atoms. The van der Waals surface area contributed by atoms with Crippen molar-refractivity contribution in [2.75, 3.05) is 18.4 Å². The van der Waals surface area contributed by atoms with E-state index in [9.17, 15) is 14.4 Å². The minimum Gasteiger partial charge on any atom is -0.350 e. The first-order valence-electron chi connectivity index (χ1n) is 8.96. The largest absolute Gasteiger partial charge is 0.350 e. The Morgan fingerprint density at radius 2 is 1.46 bits per heavy atom. The van der Waals surface area contributed by atoms with Crippen LogP contribution in [0.15, 0.2) is 66.7 Å². The first-order valence-corrected chi connectivity index (χ1v) is 8.96. The highest BCUT2D eigenvalue weighted by Crippen LogP contribution is 2.18. The fourth-order valence-electron chi connectivity index (χ4n) is 2.91. The predicted molar refractivity (Wildman–Crippen MR) is 109 cm³/mol. The Kier molecular flexibility index (Phi) is 6.01. The molecule has 0 atom stereocenters. The minimum absolute atomic E-state index is 0.182. The molecule has 3 rings (SSSR count). The first kappa shape index (κ1) is 19.1. The molecule has 0 aliphatic rings. The molecule has 3 aromatic rings. The van der Waals surface area contributed by atoms with Gasteiger partial charge in [-0.3, -0.25) is 14.4 Å². The van der Waals surface area contributed by atoms with Crippen LogP contribution in [-0.4, -0.2) is 30.8 Å². The van der Waals surface area contributed by atoms with Crippen LogP contribution in [0.1, 0.15) is 27.6 Å². The molecule has 0 saturated heterocycles. The van der Waals surface area contributed by atoms with Crippen molar-refractivity contribution in [1.29, 1.82) is 0 Å². The molecule has 3 amide bonds. The molecule has 0 heterocycles. The summed E-state index contributed by atoms with van der Waals surface area (Å²) >= 11 is 0. The second-order valence-electron chi connectivity index (χ2n) is 6.30. The van der Waals surface area contributed by atoms with E-state index in [0.29, 0.717) is 29.9 Å². The number of carbonyl (C=O) groups excluding carboxylic acids is 3. The van der Waals surface area contributed by atoms with E-state index in [-0.39, 0.29) is 17.7 Å². The van der Waals surface area contributed by atoms with Gasteiger partial charge in [-0.25, -0.2) is 0 Å². The topological polar surface area (TPSA) is 87.3 Å². The van der Waals surface area contributed by atoms with Crippen LogP contribution in [0.25, 0.3) is 10.8 Å². The van der Waals surface area contributed by atoms with Gasteiger partial charge < -0.3 is 16.0 Å². The second-order valence-corrected chi connectivity index (χ2v) is 6.30. The Balaban J connectivity index is 1.53. The molecule has 0 saturated carbocycles. The zero-order valence-corrected chi connectivity index (χ0v) is 15.5. The normalized spacial score (nSPS) is 10.3. The highest BCUT2D eigenvalue weighted by Gasteiger charge is 2.10. The monoisotopic (exact) mass is 375 g/mol. The molecule has 0 bridgehead atoms. The molecule has 3 N–H and O–H groups in total. The summed E-state index contributed by atoms with van der Waals surface area (Å²) in [6.45, 7) is 2.00. The molecule has 0 radical (unpaired) electrons. The van der Waals surface area contributed by atoms with Crippen LogP contribution in [0.4, 0.5) is 5.69 Å². The molecule has 3 aromatic carbocycles. The molecule has 6 heteroatoms. The molecule has 0 spiro atoms. The van der Waals surface area contributed by atoms with Crippen LogP contribution >= 0.6 is 0 Å². The summed E-state index contributed by atoms with van der Waals surface area (Å²) in [6.07, 6.45) is 0. The van der Waals surface area contributed by atoms with E-state index in [1.54, 1.807) is 30.3 Å². The third-order valence-electron chi connectivity index (χ3n) is 4.18. The second kappa shape index (κ2) is 8.81. The van der Waals surface area contributed by atoms with Crippen LogP contribution < -0.4 is 16.0 Å². The number of rotatable bonds is 6. The molecule has 0 fully saturated rings. The van der Waals surface area contributed by atoms with E-state index >= 15 is 0 Å². The minimum atomic E-state index is -0.272. The molecule has 0 aromatic heterocycles. The van der Waals surface area contributed by atoms with Crippen LogP contribution in [0.5, 0.6) is 0 Å². The number of hydrogen-bond donors (Lipinski definition) is 3. The van der Waals surface area contributed by atoms with Gasteiger partial charge in [-0.1, -0.05) is 42.5 Å². The lowest BCUT2D eigenvalue weighted by Crippen LogP contribution is -2.34. The van der Waals surface area contributed by atoms with E-state index in [2.05, 4.69) is 16.0 Å². The predicted octanol–water partition coefficient (Wildman–Crippen LogP) is 2.96. The Hall–Kier alpha value is -3.67. The number of benzene rings is 3. The Morgan fingerprint density at radius 3 is 2.25 bits per heavy atom. The van der Waals surface area contributed by atoms with Gasteiger partial charge in [0.05, 0.1) is 0 Å². The van der Waals surface area contributed by atoms with Crippen LogP contribution in [0, 0.1) is 0 Å². The van der Waals surface area contributed by atoms with E-state index < -0.39 is 0 Å². The van der Waals surface area contributed by atoms with Gasteiger partial charge in [-0.05, 0) is 35.0 Å². The molecule has 0 unspecified atom stereocenters. The Morgan fingerprint density at radius 1 is 0.786 bits per heavy atom. The molecular formula is C22H21N3O3. The number of nitrogens with one attached hydrogen (secondary N) is 3. The number of carbonyl (C=O) groups is 3. The van der Waals surface area contributed by atoms with E-state index in [1.165, 1.54) is 6.92 Å². The molecule has 0 aliphatic heterocycles. The van der Waals surface area contributed by atoms with Crippen LogP contribution in [-0.2, 0) is 4.79 Å². The Labute approximate surface area is 162 Å². The van der Waals surface area contributed by atoms with Gasteiger partial charge in [0.1, 0.15) is 0 Å². The van der Waals surface area contributed by atoms with Gasteiger partial charge in [0.25, 0.3) is 11.8 Å². The summed E-state index contributed by atoms with van der Waals surface area (Å²) < 4.78 is 0. The summed E-state index contributed by atoms with van der Waals surface area (Å²) in [7, 11) is 0. The van der Waals surface area contributed by atoms with Crippen molar-refractivity contribution in [2.24, 2.45) is 0 Å². The summed E-state index contributed by atoms with van der Waals surface area (Å²) in [5.74, 6) is -0.654. The maximum atomic E-state index is 12.5. The van der Waals surface area contributed by atoms with Crippen molar-refractivity contribution in [3.05, 3.63) is 77.9 Å².